The van der Waals surface area contributed by atoms with Crippen LogP contribution in [0.5, 0.6) is 0 Å². The Morgan fingerprint density at radius 1 is 1.20 bits per heavy atom. The molecule has 1 aliphatic rings. The van der Waals surface area contributed by atoms with Gasteiger partial charge in [-0.05, 0) is 18.7 Å². The van der Waals surface area contributed by atoms with Crippen LogP contribution in [0.25, 0.3) is 0 Å². The Balaban J connectivity index is 2.30. The van der Waals surface area contributed by atoms with Crippen LogP contribution in [0.2, 0.25) is 10.0 Å². The smallest absolute Gasteiger partial charge is 0.244 e. The lowest BCUT2D eigenvalue weighted by Crippen LogP contribution is -2.48. The first-order valence-electron chi connectivity index (χ1n) is 6.34. The highest BCUT2D eigenvalue weighted by molar-refractivity contribution is 7.89. The average Bonchev–Trinajstić information content (AvgIpc) is 2.44. The van der Waals surface area contributed by atoms with Crippen molar-refractivity contribution in [1.29, 1.82) is 0 Å². The Bertz CT molecular complexity index is 599. The number of halogens is 2. The molecule has 1 aliphatic heterocycles. The van der Waals surface area contributed by atoms with Crippen LogP contribution in [0.1, 0.15) is 6.92 Å². The van der Waals surface area contributed by atoms with E-state index in [1.807, 2.05) is 0 Å². The number of sulfonamides is 1. The molecule has 0 radical (unpaired) electrons. The molecule has 0 saturated carbocycles. The van der Waals surface area contributed by atoms with Crippen LogP contribution in [0, 0.1) is 0 Å². The van der Waals surface area contributed by atoms with E-state index in [0.717, 1.165) is 19.6 Å². The van der Waals surface area contributed by atoms with Gasteiger partial charge in [0, 0.05) is 26.2 Å². The molecule has 8 heteroatoms. The Morgan fingerprint density at radius 2 is 1.80 bits per heavy atom. The highest BCUT2D eigenvalue weighted by atomic mass is 35.5. The molecule has 1 fully saturated rings. The first-order chi connectivity index (χ1) is 9.37. The van der Waals surface area contributed by atoms with Crippen LogP contribution in [0.15, 0.2) is 17.0 Å². The maximum Gasteiger partial charge on any atom is 0.244 e. The number of nitrogens with two attached hydrogens (primary N) is 1. The summed E-state index contributed by atoms with van der Waals surface area (Å²) in [5.74, 6) is 0. The largest absolute Gasteiger partial charge is 0.396 e. The van der Waals surface area contributed by atoms with E-state index in [4.69, 9.17) is 28.9 Å². The summed E-state index contributed by atoms with van der Waals surface area (Å²) in [6.07, 6.45) is 0. The SMILES string of the molecule is CCN1CCN(S(=O)(=O)c2ccc(Cl)c(N)c2Cl)CC1. The number of hydrogen-bond donors (Lipinski definition) is 1. The molecule has 0 amide bonds. The second-order valence-corrected chi connectivity index (χ2v) is 7.30. The summed E-state index contributed by atoms with van der Waals surface area (Å²) in [5, 5.41) is 0.250. The van der Waals surface area contributed by atoms with Crippen molar-refractivity contribution in [2.45, 2.75) is 11.8 Å². The van der Waals surface area contributed by atoms with Gasteiger partial charge in [-0.1, -0.05) is 30.1 Å². The monoisotopic (exact) mass is 337 g/mol. The fraction of sp³-hybridized carbons (Fsp3) is 0.500. The van der Waals surface area contributed by atoms with Crippen LogP contribution in [-0.2, 0) is 10.0 Å². The van der Waals surface area contributed by atoms with Crippen LogP contribution in [-0.4, -0.2) is 50.3 Å². The fourth-order valence-corrected chi connectivity index (χ4v) is 4.34. The molecule has 1 saturated heterocycles. The molecule has 2 N–H and O–H groups in total. The van der Waals surface area contributed by atoms with Gasteiger partial charge < -0.3 is 10.6 Å². The number of benzene rings is 1. The molecule has 0 spiro atoms. The number of nitrogens with zero attached hydrogens (tertiary/aromatic N) is 2. The molecule has 112 valence electrons. The maximum atomic E-state index is 12.6. The van der Waals surface area contributed by atoms with Crippen molar-refractivity contribution in [3.8, 4) is 0 Å². The van der Waals surface area contributed by atoms with Gasteiger partial charge in [-0.15, -0.1) is 0 Å². The molecule has 0 bridgehead atoms. The van der Waals surface area contributed by atoms with Gasteiger partial charge in [0.25, 0.3) is 0 Å². The summed E-state index contributed by atoms with van der Waals surface area (Å²) in [4.78, 5) is 2.22. The van der Waals surface area contributed by atoms with Crippen molar-refractivity contribution in [2.24, 2.45) is 0 Å². The zero-order chi connectivity index (χ0) is 14.9. The number of rotatable bonds is 3. The predicted molar refractivity (Wildman–Crippen MR) is 81.7 cm³/mol. The minimum Gasteiger partial charge on any atom is -0.396 e. The molecular formula is C12H17Cl2N3O2S. The van der Waals surface area contributed by atoms with Crippen molar-refractivity contribution < 1.29 is 8.42 Å². The summed E-state index contributed by atoms with van der Waals surface area (Å²) >= 11 is 11.9. The summed E-state index contributed by atoms with van der Waals surface area (Å²) in [5.41, 5.74) is 5.80. The topological polar surface area (TPSA) is 66.6 Å². The molecule has 0 aromatic heterocycles. The number of hydrogen-bond acceptors (Lipinski definition) is 4. The number of likely N-dealkylation sites (N-methyl/N-ethyl adjacent to an activating group) is 1. The lowest BCUT2D eigenvalue weighted by Gasteiger charge is -2.33. The Kier molecular flexibility index (Phi) is 4.81. The first-order valence-corrected chi connectivity index (χ1v) is 8.53. The normalized spacial score (nSPS) is 18.4. The highest BCUT2D eigenvalue weighted by Crippen LogP contribution is 2.34. The van der Waals surface area contributed by atoms with Crippen molar-refractivity contribution in [1.82, 2.24) is 9.21 Å². The van der Waals surface area contributed by atoms with Gasteiger partial charge in [-0.25, -0.2) is 8.42 Å². The van der Waals surface area contributed by atoms with Gasteiger partial charge in [0.1, 0.15) is 4.90 Å². The minimum absolute atomic E-state index is 0.00424. The van der Waals surface area contributed by atoms with Gasteiger partial charge in [0.2, 0.25) is 10.0 Å². The number of anilines is 1. The molecule has 0 aliphatic carbocycles. The van der Waals surface area contributed by atoms with E-state index in [1.165, 1.54) is 16.4 Å². The van der Waals surface area contributed by atoms with Gasteiger partial charge in [-0.3, -0.25) is 0 Å². The van der Waals surface area contributed by atoms with Crippen molar-refractivity contribution >= 4 is 38.9 Å². The molecule has 1 heterocycles. The van der Waals surface area contributed by atoms with E-state index in [2.05, 4.69) is 11.8 Å². The van der Waals surface area contributed by atoms with Crippen LogP contribution >= 0.6 is 23.2 Å². The lowest BCUT2D eigenvalue weighted by molar-refractivity contribution is 0.196. The first kappa shape index (κ1) is 15.9. The summed E-state index contributed by atoms with van der Waals surface area (Å²) < 4.78 is 26.6. The molecule has 1 aromatic rings. The molecular weight excluding hydrogens is 321 g/mol. The van der Waals surface area contributed by atoms with Crippen LogP contribution < -0.4 is 5.73 Å². The van der Waals surface area contributed by atoms with E-state index in [1.54, 1.807) is 0 Å². The van der Waals surface area contributed by atoms with E-state index in [0.29, 0.717) is 13.1 Å². The second kappa shape index (κ2) is 6.07. The third kappa shape index (κ3) is 2.89. The van der Waals surface area contributed by atoms with E-state index in [9.17, 15) is 8.42 Å². The quantitative estimate of drug-likeness (QED) is 0.855. The number of piperazine rings is 1. The minimum atomic E-state index is -3.63. The predicted octanol–water partition coefficient (Wildman–Crippen LogP) is 1.90. The zero-order valence-electron chi connectivity index (χ0n) is 11.1. The Hall–Kier alpha value is -0.530. The summed E-state index contributed by atoms with van der Waals surface area (Å²) in [6.45, 7) is 5.32. The molecule has 0 unspecified atom stereocenters. The Morgan fingerprint density at radius 3 is 2.35 bits per heavy atom. The zero-order valence-corrected chi connectivity index (χ0v) is 13.5. The molecule has 2 rings (SSSR count). The Labute approximate surface area is 129 Å². The maximum absolute atomic E-state index is 12.6. The van der Waals surface area contributed by atoms with E-state index in [-0.39, 0.29) is 20.6 Å². The third-order valence-corrected chi connectivity index (χ3v) is 6.28. The average molecular weight is 338 g/mol. The molecule has 20 heavy (non-hydrogen) atoms. The summed E-state index contributed by atoms with van der Waals surface area (Å²) in [6, 6.07) is 2.86. The van der Waals surface area contributed by atoms with Crippen molar-refractivity contribution in [2.75, 3.05) is 38.5 Å². The second-order valence-electron chi connectivity index (χ2n) is 4.61. The van der Waals surface area contributed by atoms with Crippen molar-refractivity contribution in [3.63, 3.8) is 0 Å². The standard InChI is InChI=1S/C12H17Cl2N3O2S/c1-2-16-5-7-17(8-6-16)20(18,19)10-4-3-9(13)12(15)11(10)14/h3-4H,2,5-8,15H2,1H3. The third-order valence-electron chi connectivity index (χ3n) is 3.49. The highest BCUT2D eigenvalue weighted by Gasteiger charge is 2.30. The van der Waals surface area contributed by atoms with E-state index < -0.39 is 10.0 Å². The van der Waals surface area contributed by atoms with Gasteiger partial charge in [0.05, 0.1) is 15.7 Å². The van der Waals surface area contributed by atoms with Crippen LogP contribution in [0.4, 0.5) is 5.69 Å². The van der Waals surface area contributed by atoms with Gasteiger partial charge in [-0.2, -0.15) is 4.31 Å². The van der Waals surface area contributed by atoms with Gasteiger partial charge in [0.15, 0.2) is 0 Å². The molecule has 0 atom stereocenters. The molecule has 1 aromatic carbocycles. The van der Waals surface area contributed by atoms with E-state index >= 15 is 0 Å². The summed E-state index contributed by atoms with van der Waals surface area (Å²) in [7, 11) is -3.63. The molecule has 5 nitrogen and oxygen atoms in total. The lowest BCUT2D eigenvalue weighted by atomic mass is 10.3. The van der Waals surface area contributed by atoms with Crippen LogP contribution in [0.3, 0.4) is 0 Å². The van der Waals surface area contributed by atoms with Gasteiger partial charge >= 0.3 is 0 Å². The fourth-order valence-electron chi connectivity index (χ4n) is 2.17. The van der Waals surface area contributed by atoms with Crippen molar-refractivity contribution in [3.05, 3.63) is 22.2 Å². The number of nitrogen functional groups attached to an aromatic ring is 1.